The summed E-state index contributed by atoms with van der Waals surface area (Å²) in [4.78, 5) is 11.5. The van der Waals surface area contributed by atoms with Crippen molar-refractivity contribution < 1.29 is 14.6 Å². The molecular weight excluding hydrogens is 242 g/mol. The molecule has 0 fully saturated rings. The number of carboxylic acid groups (broad SMARTS) is 1. The number of nitrogens with two attached hydrogens (primary N) is 1. The number of rotatable bonds is 5. The molecule has 0 radical (unpaired) electrons. The van der Waals surface area contributed by atoms with E-state index >= 15 is 0 Å². The molecule has 1 aromatic rings. The number of anilines is 1. The number of aliphatic carboxylic acids is 1. The van der Waals surface area contributed by atoms with Crippen LogP contribution in [0.2, 0.25) is 0 Å². The first kappa shape index (κ1) is 15.3. The first-order valence-corrected chi connectivity index (χ1v) is 6.41. The van der Waals surface area contributed by atoms with Gasteiger partial charge >= 0.3 is 5.97 Å². The van der Waals surface area contributed by atoms with Gasteiger partial charge in [-0.05, 0) is 42.0 Å². The molecule has 0 saturated heterocycles. The lowest BCUT2D eigenvalue weighted by atomic mass is 9.84. The Kier molecular flexibility index (Phi) is 4.81. The highest BCUT2D eigenvalue weighted by Crippen LogP contribution is 2.33. The first-order valence-electron chi connectivity index (χ1n) is 6.41. The van der Waals surface area contributed by atoms with Crippen LogP contribution in [0.25, 0.3) is 0 Å². The summed E-state index contributed by atoms with van der Waals surface area (Å²) >= 11 is 0. The predicted octanol–water partition coefficient (Wildman–Crippen LogP) is 3.27. The minimum atomic E-state index is -0.843. The summed E-state index contributed by atoms with van der Waals surface area (Å²) in [5.41, 5.74) is 7.14. The molecule has 106 valence electrons. The Labute approximate surface area is 114 Å². The topological polar surface area (TPSA) is 72.5 Å². The molecule has 3 N–H and O–H groups in total. The van der Waals surface area contributed by atoms with E-state index in [2.05, 4.69) is 20.8 Å². The van der Waals surface area contributed by atoms with Gasteiger partial charge in [-0.25, -0.2) is 0 Å². The molecule has 4 heteroatoms. The highest BCUT2D eigenvalue weighted by Gasteiger charge is 2.24. The molecule has 0 aliphatic rings. The average molecular weight is 265 g/mol. The number of nitrogen functional groups attached to an aromatic ring is 1. The van der Waals surface area contributed by atoms with Crippen molar-refractivity contribution in [3.8, 4) is 5.75 Å². The van der Waals surface area contributed by atoms with E-state index in [1.54, 1.807) is 25.3 Å². The van der Waals surface area contributed by atoms with Crippen molar-refractivity contribution in [2.24, 2.45) is 5.41 Å². The number of hydrogen-bond donors (Lipinski definition) is 2. The standard InChI is InChI=1S/C15H23NO3/c1-15(2,3)8-7-11(14(17)18)12-9-10(19-4)5-6-13(12)16/h5-6,9,11H,7-8,16H2,1-4H3,(H,17,18). The van der Waals surface area contributed by atoms with Gasteiger partial charge in [-0.1, -0.05) is 20.8 Å². The zero-order chi connectivity index (χ0) is 14.6. The number of benzene rings is 1. The lowest BCUT2D eigenvalue weighted by Crippen LogP contribution is -2.16. The minimum Gasteiger partial charge on any atom is -0.497 e. The summed E-state index contributed by atoms with van der Waals surface area (Å²) in [5.74, 6) is -0.801. The lowest BCUT2D eigenvalue weighted by Gasteiger charge is -2.22. The molecular formula is C15H23NO3. The Balaban J connectivity index is 3.02. The minimum absolute atomic E-state index is 0.0985. The predicted molar refractivity (Wildman–Crippen MR) is 76.5 cm³/mol. The fourth-order valence-electron chi connectivity index (χ4n) is 1.97. The third-order valence-electron chi connectivity index (χ3n) is 3.15. The van der Waals surface area contributed by atoms with Gasteiger partial charge in [0.25, 0.3) is 0 Å². The fourth-order valence-corrected chi connectivity index (χ4v) is 1.97. The maximum atomic E-state index is 11.5. The van der Waals surface area contributed by atoms with E-state index in [9.17, 15) is 9.90 Å². The summed E-state index contributed by atoms with van der Waals surface area (Å²) in [7, 11) is 1.56. The Morgan fingerprint density at radius 3 is 2.53 bits per heavy atom. The average Bonchev–Trinajstić information content (AvgIpc) is 2.29. The molecule has 0 heterocycles. The van der Waals surface area contributed by atoms with E-state index in [1.165, 1.54) is 0 Å². The van der Waals surface area contributed by atoms with Crippen LogP contribution in [0.5, 0.6) is 5.75 Å². The fraction of sp³-hybridized carbons (Fsp3) is 0.533. The van der Waals surface area contributed by atoms with Gasteiger partial charge in [0.15, 0.2) is 0 Å². The first-order chi connectivity index (χ1) is 8.74. The molecule has 0 aromatic heterocycles. The van der Waals surface area contributed by atoms with Crippen molar-refractivity contribution >= 4 is 11.7 Å². The van der Waals surface area contributed by atoms with Crippen LogP contribution in [0.3, 0.4) is 0 Å². The van der Waals surface area contributed by atoms with Crippen molar-refractivity contribution in [3.63, 3.8) is 0 Å². The van der Waals surface area contributed by atoms with E-state index in [0.717, 1.165) is 6.42 Å². The molecule has 4 nitrogen and oxygen atoms in total. The van der Waals surface area contributed by atoms with E-state index in [4.69, 9.17) is 10.5 Å². The molecule has 0 amide bonds. The van der Waals surface area contributed by atoms with Crippen LogP contribution >= 0.6 is 0 Å². The second-order valence-electron chi connectivity index (χ2n) is 5.99. The number of hydrogen-bond acceptors (Lipinski definition) is 3. The lowest BCUT2D eigenvalue weighted by molar-refractivity contribution is -0.139. The van der Waals surface area contributed by atoms with Gasteiger partial charge in [0.2, 0.25) is 0 Å². The Hall–Kier alpha value is -1.71. The smallest absolute Gasteiger partial charge is 0.311 e. The van der Waals surface area contributed by atoms with Crippen molar-refractivity contribution in [1.29, 1.82) is 0 Å². The van der Waals surface area contributed by atoms with E-state index in [0.29, 0.717) is 23.4 Å². The van der Waals surface area contributed by atoms with Gasteiger partial charge in [-0.2, -0.15) is 0 Å². The molecule has 1 atom stereocenters. The quantitative estimate of drug-likeness (QED) is 0.801. The number of carboxylic acids is 1. The maximum absolute atomic E-state index is 11.5. The van der Waals surface area contributed by atoms with Crippen LogP contribution in [0, 0.1) is 5.41 Å². The summed E-state index contributed by atoms with van der Waals surface area (Å²) in [6, 6.07) is 5.15. The van der Waals surface area contributed by atoms with E-state index < -0.39 is 11.9 Å². The van der Waals surface area contributed by atoms with Crippen molar-refractivity contribution in [2.75, 3.05) is 12.8 Å². The zero-order valence-corrected chi connectivity index (χ0v) is 12.1. The van der Waals surface area contributed by atoms with Crippen LogP contribution in [0.4, 0.5) is 5.69 Å². The van der Waals surface area contributed by atoms with Gasteiger partial charge in [0.05, 0.1) is 13.0 Å². The summed E-state index contributed by atoms with van der Waals surface area (Å²) in [5, 5.41) is 9.42. The molecule has 1 aromatic carbocycles. The zero-order valence-electron chi connectivity index (χ0n) is 12.1. The highest BCUT2D eigenvalue weighted by molar-refractivity contribution is 5.78. The second kappa shape index (κ2) is 5.95. The van der Waals surface area contributed by atoms with Gasteiger partial charge in [0, 0.05) is 5.69 Å². The molecule has 19 heavy (non-hydrogen) atoms. The van der Waals surface area contributed by atoms with Gasteiger partial charge < -0.3 is 15.6 Å². The third kappa shape index (κ3) is 4.47. The van der Waals surface area contributed by atoms with Crippen LogP contribution in [0.15, 0.2) is 18.2 Å². The maximum Gasteiger partial charge on any atom is 0.311 e. The number of ether oxygens (including phenoxy) is 1. The van der Waals surface area contributed by atoms with Crippen molar-refractivity contribution in [2.45, 2.75) is 39.5 Å². The Morgan fingerprint density at radius 1 is 1.42 bits per heavy atom. The van der Waals surface area contributed by atoms with Crippen LogP contribution in [-0.2, 0) is 4.79 Å². The van der Waals surface area contributed by atoms with Crippen LogP contribution in [0.1, 0.15) is 45.1 Å². The van der Waals surface area contributed by atoms with Crippen LogP contribution in [-0.4, -0.2) is 18.2 Å². The molecule has 0 aliphatic heterocycles. The molecule has 0 spiro atoms. The van der Waals surface area contributed by atoms with Gasteiger partial charge in [-0.3, -0.25) is 4.79 Å². The third-order valence-corrected chi connectivity index (χ3v) is 3.15. The number of methoxy groups -OCH3 is 1. The molecule has 0 bridgehead atoms. The largest absolute Gasteiger partial charge is 0.497 e. The Bertz CT molecular complexity index is 449. The Morgan fingerprint density at radius 2 is 2.05 bits per heavy atom. The molecule has 0 saturated carbocycles. The van der Waals surface area contributed by atoms with E-state index in [1.807, 2.05) is 0 Å². The van der Waals surface area contributed by atoms with Crippen LogP contribution < -0.4 is 10.5 Å². The van der Waals surface area contributed by atoms with Crippen molar-refractivity contribution in [1.82, 2.24) is 0 Å². The summed E-state index contributed by atoms with van der Waals surface area (Å²) in [6.07, 6.45) is 1.39. The number of carbonyl (C=O) groups is 1. The molecule has 1 rings (SSSR count). The normalized spacial score (nSPS) is 13.1. The van der Waals surface area contributed by atoms with E-state index in [-0.39, 0.29) is 5.41 Å². The molecule has 0 aliphatic carbocycles. The van der Waals surface area contributed by atoms with Gasteiger partial charge in [-0.15, -0.1) is 0 Å². The van der Waals surface area contributed by atoms with Gasteiger partial charge in [0.1, 0.15) is 5.75 Å². The monoisotopic (exact) mass is 265 g/mol. The summed E-state index contributed by atoms with van der Waals surface area (Å²) < 4.78 is 5.14. The highest BCUT2D eigenvalue weighted by atomic mass is 16.5. The SMILES string of the molecule is COc1ccc(N)c(C(CCC(C)(C)C)C(=O)O)c1. The molecule has 1 unspecified atom stereocenters. The van der Waals surface area contributed by atoms with Crippen molar-refractivity contribution in [3.05, 3.63) is 23.8 Å². The second-order valence-corrected chi connectivity index (χ2v) is 5.99. The summed E-state index contributed by atoms with van der Waals surface area (Å²) in [6.45, 7) is 6.29.